The summed E-state index contributed by atoms with van der Waals surface area (Å²) in [6.45, 7) is 0. The number of aromatic nitrogens is 5. The van der Waals surface area contributed by atoms with Crippen molar-refractivity contribution in [2.75, 3.05) is 0 Å². The molecule has 0 spiro atoms. The summed E-state index contributed by atoms with van der Waals surface area (Å²) in [5.74, 6) is 2.04. The van der Waals surface area contributed by atoms with Crippen LogP contribution >= 0.6 is 0 Å². The summed E-state index contributed by atoms with van der Waals surface area (Å²) < 4.78 is 6.88. The molecule has 0 bridgehead atoms. The van der Waals surface area contributed by atoms with E-state index in [4.69, 9.17) is 14.7 Å². The predicted octanol–water partition coefficient (Wildman–Crippen LogP) is 14.0. The first-order chi connectivity index (χ1) is 32.2. The first kappa shape index (κ1) is 40.7. The molecule has 0 aliphatic carbocycles. The molecule has 4 aromatic heterocycles. The average molecular weight is 840 g/mol. The molecule has 10 rings (SSSR count). The number of pyridine rings is 3. The van der Waals surface area contributed by atoms with Gasteiger partial charge in [-0.3, -0.25) is 15.0 Å². The molecule has 0 unspecified atom stereocenters. The molecule has 0 saturated heterocycles. The van der Waals surface area contributed by atoms with Gasteiger partial charge in [0.1, 0.15) is 11.5 Å². The molecule has 0 aliphatic heterocycles. The van der Waals surface area contributed by atoms with Gasteiger partial charge in [-0.2, -0.15) is 0 Å². The van der Waals surface area contributed by atoms with Crippen molar-refractivity contribution in [1.82, 2.24) is 24.9 Å². The zero-order chi connectivity index (χ0) is 43.6. The van der Waals surface area contributed by atoms with Crippen LogP contribution in [0.5, 0.6) is 11.5 Å². The van der Waals surface area contributed by atoms with Crippen LogP contribution in [0.15, 0.2) is 225 Å². The third-order valence-corrected chi connectivity index (χ3v) is 11.6. The molecule has 0 amide bonds. The molecular weight excluding hydrogens is 795 g/mol. The van der Waals surface area contributed by atoms with E-state index in [1.165, 1.54) is 22.3 Å². The van der Waals surface area contributed by atoms with Crippen LogP contribution in [0, 0.1) is 0 Å². The SMILES string of the molecule is c1ccc(-c2ccc(CCc3cc(CCc4ccc(-c5ccccc5)nc4)cc(-c4ccccc4-c4ccc(-c5ncccn5)cc4Oc4cccc(-c5ccccn5)c4)c3)cn2)cc1. The fourth-order valence-electron chi connectivity index (χ4n) is 8.25. The molecule has 65 heavy (non-hydrogen) atoms. The molecule has 0 aliphatic rings. The van der Waals surface area contributed by atoms with Gasteiger partial charge in [-0.1, -0.05) is 140 Å². The summed E-state index contributed by atoms with van der Waals surface area (Å²) in [5.41, 5.74) is 16.2. The van der Waals surface area contributed by atoms with Crippen LogP contribution in [-0.2, 0) is 25.7 Å². The largest absolute Gasteiger partial charge is 0.457 e. The summed E-state index contributed by atoms with van der Waals surface area (Å²) >= 11 is 0. The number of hydrogen-bond acceptors (Lipinski definition) is 6. The smallest absolute Gasteiger partial charge is 0.159 e. The van der Waals surface area contributed by atoms with Gasteiger partial charge in [-0.05, 0) is 119 Å². The Morgan fingerprint density at radius 2 is 0.877 bits per heavy atom. The minimum absolute atomic E-state index is 0.631. The van der Waals surface area contributed by atoms with Gasteiger partial charge in [-0.15, -0.1) is 0 Å². The summed E-state index contributed by atoms with van der Waals surface area (Å²) in [5, 5.41) is 0. The van der Waals surface area contributed by atoms with E-state index in [2.05, 4.69) is 148 Å². The van der Waals surface area contributed by atoms with E-state index >= 15 is 0 Å². The second-order valence-corrected chi connectivity index (χ2v) is 16.0. The molecular formula is C59H45N5O. The zero-order valence-electron chi connectivity index (χ0n) is 35.8. The Morgan fingerprint density at radius 3 is 1.49 bits per heavy atom. The van der Waals surface area contributed by atoms with Crippen LogP contribution < -0.4 is 4.74 Å². The number of hydrogen-bond donors (Lipinski definition) is 0. The van der Waals surface area contributed by atoms with Crippen molar-refractivity contribution in [1.29, 1.82) is 0 Å². The summed E-state index contributed by atoms with van der Waals surface area (Å²) in [4.78, 5) is 23.4. The highest BCUT2D eigenvalue weighted by Crippen LogP contribution is 2.42. The van der Waals surface area contributed by atoms with Gasteiger partial charge in [0.05, 0.1) is 17.1 Å². The standard InChI is InChI=1S/C59H45N5O/c1-3-13-46(14-4-1)56-30-26-42(40-63-56)22-24-44-35-45(25-23-43-27-31-57(64-41-43)47-15-5-2-6-16-47)37-50(36-44)52-19-7-8-20-53(52)54-29-28-49(59-61-33-12-34-62-59)39-58(54)65-51-18-11-17-48(38-51)55-21-9-10-32-60-55/h1-21,26-41H,22-25H2. The van der Waals surface area contributed by atoms with E-state index in [1.54, 1.807) is 12.4 Å². The lowest BCUT2D eigenvalue weighted by molar-refractivity contribution is 0.485. The Kier molecular flexibility index (Phi) is 12.1. The maximum atomic E-state index is 6.88. The van der Waals surface area contributed by atoms with Gasteiger partial charge in [0.15, 0.2) is 5.82 Å². The van der Waals surface area contributed by atoms with Gasteiger partial charge < -0.3 is 4.74 Å². The maximum Gasteiger partial charge on any atom is 0.159 e. The molecule has 4 heterocycles. The summed E-state index contributed by atoms with van der Waals surface area (Å²) in [7, 11) is 0. The van der Waals surface area contributed by atoms with Crippen molar-refractivity contribution in [2.24, 2.45) is 0 Å². The molecule has 6 nitrogen and oxygen atoms in total. The Bertz CT molecular complexity index is 3040. The van der Waals surface area contributed by atoms with Crippen molar-refractivity contribution >= 4 is 0 Å². The van der Waals surface area contributed by atoms with E-state index in [0.29, 0.717) is 17.3 Å². The van der Waals surface area contributed by atoms with Crippen molar-refractivity contribution in [3.8, 4) is 78.9 Å². The van der Waals surface area contributed by atoms with Gasteiger partial charge in [0.2, 0.25) is 0 Å². The van der Waals surface area contributed by atoms with Crippen LogP contribution in [0.25, 0.3) is 67.4 Å². The molecule has 0 saturated carbocycles. The third-order valence-electron chi connectivity index (χ3n) is 11.6. The number of rotatable bonds is 14. The molecule has 0 N–H and O–H groups in total. The molecule has 0 fully saturated rings. The third kappa shape index (κ3) is 9.83. The zero-order valence-corrected chi connectivity index (χ0v) is 35.8. The number of nitrogens with zero attached hydrogens (tertiary/aromatic N) is 5. The van der Waals surface area contributed by atoms with Gasteiger partial charge in [0.25, 0.3) is 0 Å². The average Bonchev–Trinajstić information content (AvgIpc) is 3.39. The number of benzene rings is 6. The first-order valence-corrected chi connectivity index (χ1v) is 22.0. The molecule has 6 heteroatoms. The summed E-state index contributed by atoms with van der Waals surface area (Å²) in [6, 6.07) is 67.1. The van der Waals surface area contributed by atoms with Gasteiger partial charge in [-0.25, -0.2) is 9.97 Å². The van der Waals surface area contributed by atoms with Crippen LogP contribution in [-0.4, -0.2) is 24.9 Å². The fraction of sp³-hybridized carbons (Fsp3) is 0.0678. The van der Waals surface area contributed by atoms with Crippen LogP contribution in [0.2, 0.25) is 0 Å². The highest BCUT2D eigenvalue weighted by Gasteiger charge is 2.17. The molecule has 312 valence electrons. The van der Waals surface area contributed by atoms with E-state index in [-0.39, 0.29) is 0 Å². The normalized spacial score (nSPS) is 11.0. The Labute approximate surface area is 380 Å². The lowest BCUT2D eigenvalue weighted by Gasteiger charge is -2.18. The minimum atomic E-state index is 0.631. The summed E-state index contributed by atoms with van der Waals surface area (Å²) in [6.07, 6.45) is 12.9. The van der Waals surface area contributed by atoms with Crippen molar-refractivity contribution in [2.45, 2.75) is 25.7 Å². The molecule has 10 aromatic rings. The van der Waals surface area contributed by atoms with Crippen LogP contribution in [0.1, 0.15) is 22.3 Å². The topological polar surface area (TPSA) is 73.7 Å². The maximum absolute atomic E-state index is 6.88. The van der Waals surface area contributed by atoms with E-state index in [0.717, 1.165) is 87.3 Å². The fourth-order valence-corrected chi connectivity index (χ4v) is 8.25. The molecule has 6 aromatic carbocycles. The first-order valence-electron chi connectivity index (χ1n) is 22.0. The second kappa shape index (κ2) is 19.4. The Morgan fingerprint density at radius 1 is 0.308 bits per heavy atom. The van der Waals surface area contributed by atoms with E-state index in [9.17, 15) is 0 Å². The quantitative estimate of drug-likeness (QED) is 0.109. The van der Waals surface area contributed by atoms with E-state index < -0.39 is 0 Å². The van der Waals surface area contributed by atoms with Gasteiger partial charge >= 0.3 is 0 Å². The Balaban J connectivity index is 1.00. The lowest BCUT2D eigenvalue weighted by Crippen LogP contribution is -1.99. The highest BCUT2D eigenvalue weighted by atomic mass is 16.5. The van der Waals surface area contributed by atoms with Crippen molar-refractivity contribution < 1.29 is 4.74 Å². The highest BCUT2D eigenvalue weighted by molar-refractivity contribution is 5.88. The van der Waals surface area contributed by atoms with Crippen molar-refractivity contribution in [3.63, 3.8) is 0 Å². The van der Waals surface area contributed by atoms with Crippen molar-refractivity contribution in [3.05, 3.63) is 247 Å². The monoisotopic (exact) mass is 839 g/mol. The van der Waals surface area contributed by atoms with Gasteiger partial charge in [0, 0.05) is 58.8 Å². The Hall–Kier alpha value is -8.35. The molecule has 0 atom stereocenters. The minimum Gasteiger partial charge on any atom is -0.457 e. The van der Waals surface area contributed by atoms with Crippen LogP contribution in [0.4, 0.5) is 0 Å². The second-order valence-electron chi connectivity index (χ2n) is 16.0. The molecule has 0 radical (unpaired) electrons. The number of ether oxygens (including phenoxy) is 1. The number of aryl methyl sites for hydroxylation is 4. The lowest BCUT2D eigenvalue weighted by atomic mass is 9.89. The predicted molar refractivity (Wildman–Crippen MR) is 262 cm³/mol. The van der Waals surface area contributed by atoms with E-state index in [1.807, 2.05) is 79.3 Å². The van der Waals surface area contributed by atoms with Crippen LogP contribution in [0.3, 0.4) is 0 Å².